The number of halogens is 2. The lowest BCUT2D eigenvalue weighted by Gasteiger charge is -2.12. The van der Waals surface area contributed by atoms with Gasteiger partial charge in [-0.05, 0) is 37.0 Å². The lowest BCUT2D eigenvalue weighted by Crippen LogP contribution is -2.19. The normalized spacial score (nSPS) is 17.5. The van der Waals surface area contributed by atoms with Crippen molar-refractivity contribution in [1.82, 2.24) is 0 Å². The van der Waals surface area contributed by atoms with Gasteiger partial charge in [0.2, 0.25) is 0 Å². The summed E-state index contributed by atoms with van der Waals surface area (Å²) in [5.74, 6) is 0.386. The molecule has 1 N–H and O–H groups in total. The van der Waals surface area contributed by atoms with Crippen LogP contribution in [-0.2, 0) is 0 Å². The van der Waals surface area contributed by atoms with Gasteiger partial charge >= 0.3 is 0 Å². The molecule has 0 radical (unpaired) electrons. The van der Waals surface area contributed by atoms with Crippen molar-refractivity contribution in [3.05, 3.63) is 29.0 Å². The van der Waals surface area contributed by atoms with Gasteiger partial charge in [-0.15, -0.1) is 0 Å². The number of benzene rings is 1. The third kappa shape index (κ3) is 2.83. The van der Waals surface area contributed by atoms with Crippen LogP contribution in [0.25, 0.3) is 0 Å². The minimum atomic E-state index is -0.439. The molecule has 0 heterocycles. The summed E-state index contributed by atoms with van der Waals surface area (Å²) in [4.78, 5) is 0. The molecule has 0 aromatic heterocycles. The average Bonchev–Trinajstić information content (AvgIpc) is 2.99. The van der Waals surface area contributed by atoms with Crippen LogP contribution >= 0.6 is 11.6 Å². The lowest BCUT2D eigenvalue weighted by atomic mass is 10.2. The topological polar surface area (TPSA) is 29.5 Å². The van der Waals surface area contributed by atoms with Gasteiger partial charge in [0, 0.05) is 0 Å². The van der Waals surface area contributed by atoms with E-state index >= 15 is 0 Å². The van der Waals surface area contributed by atoms with Crippen molar-refractivity contribution in [1.29, 1.82) is 0 Å². The van der Waals surface area contributed by atoms with E-state index in [1.165, 1.54) is 18.2 Å². The van der Waals surface area contributed by atoms with E-state index in [9.17, 15) is 9.50 Å². The maximum Gasteiger partial charge on any atom is 0.138 e. The Labute approximate surface area is 92.6 Å². The Bertz CT molecular complexity index is 352. The first-order valence-corrected chi connectivity index (χ1v) is 5.30. The summed E-state index contributed by atoms with van der Waals surface area (Å²) in [7, 11) is 0. The van der Waals surface area contributed by atoms with Crippen molar-refractivity contribution in [2.75, 3.05) is 6.61 Å². The minimum Gasteiger partial charge on any atom is -0.489 e. The molecule has 1 aromatic rings. The Morgan fingerprint density at radius 2 is 2.27 bits per heavy atom. The van der Waals surface area contributed by atoms with E-state index in [0.29, 0.717) is 11.7 Å². The number of aliphatic hydroxyl groups is 1. The van der Waals surface area contributed by atoms with Crippen molar-refractivity contribution in [3.63, 3.8) is 0 Å². The number of rotatable bonds is 4. The zero-order valence-electron chi connectivity index (χ0n) is 8.12. The van der Waals surface area contributed by atoms with Crippen molar-refractivity contribution in [2.24, 2.45) is 5.92 Å². The lowest BCUT2D eigenvalue weighted by molar-refractivity contribution is 0.0894. The Hall–Kier alpha value is -0.800. The van der Waals surface area contributed by atoms with E-state index < -0.39 is 11.9 Å². The third-order valence-electron chi connectivity index (χ3n) is 2.47. The molecule has 15 heavy (non-hydrogen) atoms. The summed E-state index contributed by atoms with van der Waals surface area (Å²) in [6.07, 6.45) is 1.68. The molecule has 1 aliphatic carbocycles. The van der Waals surface area contributed by atoms with Crippen LogP contribution in [0.4, 0.5) is 4.39 Å². The standard InChI is InChI=1S/C11H12ClFO2/c12-9-5-8(13)3-4-11(9)15-6-10(14)7-1-2-7/h3-5,7,10,14H,1-2,6H2. The number of ether oxygens (including phenoxy) is 1. The molecule has 1 aliphatic rings. The quantitative estimate of drug-likeness (QED) is 0.862. The highest BCUT2D eigenvalue weighted by Crippen LogP contribution is 2.33. The van der Waals surface area contributed by atoms with E-state index in [-0.39, 0.29) is 11.6 Å². The molecule has 0 spiro atoms. The van der Waals surface area contributed by atoms with Gasteiger partial charge in [0.15, 0.2) is 0 Å². The number of aliphatic hydroxyl groups excluding tert-OH is 1. The molecule has 1 aromatic carbocycles. The van der Waals surface area contributed by atoms with Gasteiger partial charge in [-0.2, -0.15) is 0 Å². The summed E-state index contributed by atoms with van der Waals surface area (Å²) >= 11 is 5.76. The van der Waals surface area contributed by atoms with E-state index in [0.717, 1.165) is 12.8 Å². The van der Waals surface area contributed by atoms with E-state index in [1.807, 2.05) is 0 Å². The molecule has 2 rings (SSSR count). The second-order valence-corrected chi connectivity index (χ2v) is 4.20. The molecule has 2 nitrogen and oxygen atoms in total. The van der Waals surface area contributed by atoms with Gasteiger partial charge in [-0.3, -0.25) is 0 Å². The fraction of sp³-hybridized carbons (Fsp3) is 0.455. The molecule has 0 aliphatic heterocycles. The maximum atomic E-state index is 12.7. The summed E-state index contributed by atoms with van der Waals surface area (Å²) in [5, 5.41) is 9.79. The van der Waals surface area contributed by atoms with Crippen LogP contribution in [0.5, 0.6) is 5.75 Å². The van der Waals surface area contributed by atoms with E-state index in [4.69, 9.17) is 16.3 Å². The first-order chi connectivity index (χ1) is 7.16. The van der Waals surface area contributed by atoms with Crippen LogP contribution in [0.15, 0.2) is 18.2 Å². The third-order valence-corrected chi connectivity index (χ3v) is 2.77. The first-order valence-electron chi connectivity index (χ1n) is 4.93. The van der Waals surface area contributed by atoms with Gasteiger partial charge < -0.3 is 9.84 Å². The highest BCUT2D eigenvalue weighted by atomic mass is 35.5. The Morgan fingerprint density at radius 3 is 2.87 bits per heavy atom. The van der Waals surface area contributed by atoms with Gasteiger partial charge in [-0.1, -0.05) is 11.6 Å². The van der Waals surface area contributed by atoms with Crippen LogP contribution in [0.3, 0.4) is 0 Å². The molecular weight excluding hydrogens is 219 g/mol. The van der Waals surface area contributed by atoms with Crippen LogP contribution in [0.2, 0.25) is 5.02 Å². The predicted molar refractivity (Wildman–Crippen MR) is 55.6 cm³/mol. The Balaban J connectivity index is 1.92. The second kappa shape index (κ2) is 4.37. The molecular formula is C11H12ClFO2. The monoisotopic (exact) mass is 230 g/mol. The van der Waals surface area contributed by atoms with Crippen LogP contribution in [0, 0.1) is 11.7 Å². The highest BCUT2D eigenvalue weighted by molar-refractivity contribution is 6.32. The zero-order valence-corrected chi connectivity index (χ0v) is 8.88. The molecule has 1 saturated carbocycles. The van der Waals surface area contributed by atoms with E-state index in [1.54, 1.807) is 0 Å². The van der Waals surface area contributed by atoms with Gasteiger partial charge in [-0.25, -0.2) is 4.39 Å². The maximum absolute atomic E-state index is 12.7. The molecule has 0 bridgehead atoms. The SMILES string of the molecule is OC(COc1ccc(F)cc1Cl)C1CC1. The Kier molecular flexibility index (Phi) is 3.12. The smallest absolute Gasteiger partial charge is 0.138 e. The number of hydrogen-bond acceptors (Lipinski definition) is 2. The molecule has 4 heteroatoms. The van der Waals surface area contributed by atoms with Crippen LogP contribution in [-0.4, -0.2) is 17.8 Å². The molecule has 0 amide bonds. The first kappa shape index (κ1) is 10.7. The molecule has 0 saturated heterocycles. The molecule has 1 fully saturated rings. The highest BCUT2D eigenvalue weighted by Gasteiger charge is 2.30. The van der Waals surface area contributed by atoms with Crippen molar-refractivity contribution in [2.45, 2.75) is 18.9 Å². The molecule has 1 atom stereocenters. The zero-order chi connectivity index (χ0) is 10.8. The minimum absolute atomic E-state index is 0.218. The Morgan fingerprint density at radius 1 is 1.53 bits per heavy atom. The van der Waals surface area contributed by atoms with E-state index in [2.05, 4.69) is 0 Å². The van der Waals surface area contributed by atoms with Crippen LogP contribution in [0.1, 0.15) is 12.8 Å². The summed E-state index contributed by atoms with van der Waals surface area (Å²) < 4.78 is 18.0. The van der Waals surface area contributed by atoms with Crippen molar-refractivity contribution in [3.8, 4) is 5.75 Å². The summed E-state index contributed by atoms with van der Waals surface area (Å²) in [6.45, 7) is 0.218. The largest absolute Gasteiger partial charge is 0.489 e. The van der Waals surface area contributed by atoms with Crippen LogP contribution < -0.4 is 4.74 Å². The summed E-state index contributed by atoms with van der Waals surface area (Å²) in [6, 6.07) is 3.95. The average molecular weight is 231 g/mol. The fourth-order valence-corrected chi connectivity index (χ4v) is 1.61. The molecule has 1 unspecified atom stereocenters. The summed E-state index contributed by atoms with van der Waals surface area (Å²) in [5.41, 5.74) is 0. The number of hydrogen-bond donors (Lipinski definition) is 1. The molecule has 82 valence electrons. The van der Waals surface area contributed by atoms with Gasteiger partial charge in [0.05, 0.1) is 11.1 Å². The predicted octanol–water partition coefficient (Wildman–Crippen LogP) is 2.63. The fourth-order valence-electron chi connectivity index (χ4n) is 1.38. The second-order valence-electron chi connectivity index (χ2n) is 3.79. The van der Waals surface area contributed by atoms with Gasteiger partial charge in [0.1, 0.15) is 18.2 Å². The van der Waals surface area contributed by atoms with Crippen molar-refractivity contribution < 1.29 is 14.2 Å². The van der Waals surface area contributed by atoms with Gasteiger partial charge in [0.25, 0.3) is 0 Å². The van der Waals surface area contributed by atoms with Crippen molar-refractivity contribution >= 4 is 11.6 Å².